The van der Waals surface area contributed by atoms with Crippen LogP contribution in [-0.2, 0) is 6.54 Å². The van der Waals surface area contributed by atoms with Crippen LogP contribution in [0, 0.1) is 17.8 Å². The smallest absolute Gasteiger partial charge is 0.374 e. The van der Waals surface area contributed by atoms with Crippen LogP contribution in [0.1, 0.15) is 94.2 Å². The molecule has 2 aliphatic rings. The van der Waals surface area contributed by atoms with Crippen molar-refractivity contribution >= 4 is 23.0 Å². The molecule has 3 heterocycles. The highest BCUT2D eigenvalue weighted by atomic mass is 16.4. The third-order valence-electron chi connectivity index (χ3n) is 8.21. The molecule has 9 heteroatoms. The molecule has 0 radical (unpaired) electrons. The minimum absolute atomic E-state index is 0.178. The highest BCUT2D eigenvalue weighted by molar-refractivity contribution is 5.92. The summed E-state index contributed by atoms with van der Waals surface area (Å²) in [6.07, 6.45) is 9.46. The standard InChI is InChI=1S/C28H38N6O3/c1-16(2)20-13-21(30-22(35)14-20)27-33-25-23(34(27)15-19-9-7-17(3)8-10-19)24(31-26(32-25)28(36)37)29-12-11-18-5-4-6-18/h13-14,16-19H,4-12,15H2,1-3H3,(H,30,35)(H,36,37)(H,29,31,32)/t17-,19-. The minimum atomic E-state index is -1.18. The van der Waals surface area contributed by atoms with E-state index in [9.17, 15) is 14.7 Å². The Kier molecular flexibility index (Phi) is 7.31. The van der Waals surface area contributed by atoms with Crippen molar-refractivity contribution in [1.29, 1.82) is 0 Å². The van der Waals surface area contributed by atoms with Gasteiger partial charge in [-0.05, 0) is 54.6 Å². The summed E-state index contributed by atoms with van der Waals surface area (Å²) >= 11 is 0. The van der Waals surface area contributed by atoms with Crippen LogP contribution in [0.15, 0.2) is 16.9 Å². The van der Waals surface area contributed by atoms with Crippen LogP contribution < -0.4 is 10.9 Å². The van der Waals surface area contributed by atoms with Crippen molar-refractivity contribution < 1.29 is 9.90 Å². The maximum Gasteiger partial charge on any atom is 0.374 e. The van der Waals surface area contributed by atoms with E-state index in [0.29, 0.717) is 34.4 Å². The molecule has 3 N–H and O–H groups in total. The number of carboxylic acids is 1. The molecule has 3 aromatic rings. The Morgan fingerprint density at radius 2 is 1.86 bits per heavy atom. The predicted molar refractivity (Wildman–Crippen MR) is 144 cm³/mol. The second-order valence-corrected chi connectivity index (χ2v) is 11.4. The summed E-state index contributed by atoms with van der Waals surface area (Å²) in [6, 6.07) is 3.60. The van der Waals surface area contributed by atoms with Crippen LogP contribution in [0.3, 0.4) is 0 Å². The average Bonchev–Trinajstić information content (AvgIpc) is 3.20. The molecule has 0 spiro atoms. The average molecular weight is 507 g/mol. The molecule has 5 rings (SSSR count). The minimum Gasteiger partial charge on any atom is -0.475 e. The van der Waals surface area contributed by atoms with Gasteiger partial charge in [0.25, 0.3) is 0 Å². The number of aromatic carboxylic acids is 1. The van der Waals surface area contributed by atoms with E-state index < -0.39 is 5.97 Å². The number of aromatic nitrogens is 5. The van der Waals surface area contributed by atoms with Crippen molar-refractivity contribution in [2.45, 2.75) is 84.6 Å². The number of carboxylic acid groups (broad SMARTS) is 1. The Labute approximate surface area is 217 Å². The molecule has 3 aromatic heterocycles. The highest BCUT2D eigenvalue weighted by Gasteiger charge is 2.26. The lowest BCUT2D eigenvalue weighted by Crippen LogP contribution is -2.20. The van der Waals surface area contributed by atoms with E-state index in [1.54, 1.807) is 6.07 Å². The van der Waals surface area contributed by atoms with Crippen molar-refractivity contribution in [2.75, 3.05) is 11.9 Å². The molecule has 0 unspecified atom stereocenters. The monoisotopic (exact) mass is 506 g/mol. The first-order chi connectivity index (χ1) is 17.8. The molecule has 0 saturated heterocycles. The van der Waals surface area contributed by atoms with Crippen LogP contribution in [-0.4, -0.2) is 42.1 Å². The summed E-state index contributed by atoms with van der Waals surface area (Å²) in [5, 5.41) is 13.1. The second kappa shape index (κ2) is 10.6. The van der Waals surface area contributed by atoms with Crippen LogP contribution in [0.2, 0.25) is 0 Å². The summed E-state index contributed by atoms with van der Waals surface area (Å²) in [5.74, 6) is 1.76. The number of imidazole rings is 1. The molecule has 0 atom stereocenters. The van der Waals surface area contributed by atoms with E-state index in [1.165, 1.54) is 32.1 Å². The fraction of sp³-hybridized carbons (Fsp3) is 0.607. The number of aromatic amines is 1. The fourth-order valence-corrected chi connectivity index (χ4v) is 5.60. The molecule has 37 heavy (non-hydrogen) atoms. The number of H-pyrrole nitrogens is 1. The van der Waals surface area contributed by atoms with Gasteiger partial charge in [-0.3, -0.25) is 4.79 Å². The van der Waals surface area contributed by atoms with Crippen molar-refractivity contribution in [1.82, 2.24) is 24.5 Å². The summed E-state index contributed by atoms with van der Waals surface area (Å²) < 4.78 is 2.11. The van der Waals surface area contributed by atoms with Gasteiger partial charge in [0, 0.05) is 19.2 Å². The molecule has 0 aromatic carbocycles. The lowest BCUT2D eigenvalue weighted by atomic mass is 9.83. The molecule has 198 valence electrons. The molecule has 2 aliphatic carbocycles. The lowest BCUT2D eigenvalue weighted by Gasteiger charge is -2.27. The Bertz CT molecular complexity index is 1330. The van der Waals surface area contributed by atoms with Crippen molar-refractivity contribution in [2.24, 2.45) is 17.8 Å². The van der Waals surface area contributed by atoms with Gasteiger partial charge < -0.3 is 20.0 Å². The summed E-state index contributed by atoms with van der Waals surface area (Å²) in [6.45, 7) is 7.86. The third-order valence-corrected chi connectivity index (χ3v) is 8.21. The number of fused-ring (bicyclic) bond motifs is 1. The third kappa shape index (κ3) is 5.55. The van der Waals surface area contributed by atoms with Crippen molar-refractivity contribution in [3.63, 3.8) is 0 Å². The quantitative estimate of drug-likeness (QED) is 0.353. The van der Waals surface area contributed by atoms with Crippen LogP contribution in [0.5, 0.6) is 0 Å². The Morgan fingerprint density at radius 1 is 1.11 bits per heavy atom. The van der Waals surface area contributed by atoms with Gasteiger partial charge >= 0.3 is 5.97 Å². The summed E-state index contributed by atoms with van der Waals surface area (Å²) in [4.78, 5) is 41.0. The number of carbonyl (C=O) groups is 1. The van der Waals surface area contributed by atoms with Gasteiger partial charge in [0.05, 0.1) is 5.69 Å². The number of hydrogen-bond donors (Lipinski definition) is 3. The van der Waals surface area contributed by atoms with Crippen molar-refractivity contribution in [3.8, 4) is 11.5 Å². The zero-order valence-corrected chi connectivity index (χ0v) is 22.1. The first-order valence-corrected chi connectivity index (χ1v) is 13.8. The van der Waals surface area contributed by atoms with Gasteiger partial charge in [0.1, 0.15) is 5.52 Å². The molecular weight excluding hydrogens is 468 g/mol. The molecule has 2 fully saturated rings. The van der Waals surface area contributed by atoms with Gasteiger partial charge in [-0.1, -0.05) is 52.9 Å². The van der Waals surface area contributed by atoms with Crippen LogP contribution in [0.25, 0.3) is 22.7 Å². The summed E-state index contributed by atoms with van der Waals surface area (Å²) in [5.41, 5.74) is 2.43. The Balaban J connectivity index is 1.63. The van der Waals surface area contributed by atoms with Gasteiger partial charge in [-0.25, -0.2) is 19.7 Å². The van der Waals surface area contributed by atoms with E-state index >= 15 is 0 Å². The van der Waals surface area contributed by atoms with Gasteiger partial charge in [0.15, 0.2) is 17.3 Å². The van der Waals surface area contributed by atoms with Crippen LogP contribution in [0.4, 0.5) is 5.82 Å². The number of anilines is 1. The zero-order valence-electron chi connectivity index (χ0n) is 22.1. The predicted octanol–water partition coefficient (Wildman–Crippen LogP) is 5.43. The number of hydrogen-bond acceptors (Lipinski definition) is 6. The van der Waals surface area contributed by atoms with E-state index in [1.807, 2.05) is 6.07 Å². The first kappa shape index (κ1) is 25.4. The normalized spacial score (nSPS) is 20.3. The number of rotatable bonds is 9. The topological polar surface area (TPSA) is 126 Å². The van der Waals surface area contributed by atoms with Gasteiger partial charge in [-0.2, -0.15) is 0 Å². The Morgan fingerprint density at radius 3 is 2.51 bits per heavy atom. The molecule has 9 nitrogen and oxygen atoms in total. The molecule has 0 aliphatic heterocycles. The van der Waals surface area contributed by atoms with E-state index in [2.05, 4.69) is 45.6 Å². The molecular formula is C28H38N6O3. The maximum atomic E-state index is 12.6. The highest BCUT2D eigenvalue weighted by Crippen LogP contribution is 2.34. The van der Waals surface area contributed by atoms with Gasteiger partial charge in [-0.15, -0.1) is 0 Å². The van der Waals surface area contributed by atoms with Crippen molar-refractivity contribution in [3.05, 3.63) is 33.9 Å². The maximum absolute atomic E-state index is 12.6. The fourth-order valence-electron chi connectivity index (χ4n) is 5.60. The number of pyridine rings is 1. The lowest BCUT2D eigenvalue weighted by molar-refractivity contribution is 0.0684. The number of nitrogens with zero attached hydrogens (tertiary/aromatic N) is 4. The van der Waals surface area contributed by atoms with Gasteiger partial charge in [0.2, 0.25) is 11.4 Å². The molecule has 0 amide bonds. The zero-order chi connectivity index (χ0) is 26.1. The number of nitrogens with one attached hydrogen (secondary N) is 2. The molecule has 2 saturated carbocycles. The van der Waals surface area contributed by atoms with E-state index in [4.69, 9.17) is 4.98 Å². The van der Waals surface area contributed by atoms with E-state index in [0.717, 1.165) is 49.8 Å². The van der Waals surface area contributed by atoms with E-state index in [-0.39, 0.29) is 17.3 Å². The Hall–Kier alpha value is -3.23. The SMILES string of the molecule is CC(C)c1cc(-c2nc3nc(C(=O)O)nc(NCCC4CCC4)c3n2C[C@H]2CC[C@H](C)CC2)[nH]c(=O)c1. The summed E-state index contributed by atoms with van der Waals surface area (Å²) in [7, 11) is 0. The largest absolute Gasteiger partial charge is 0.475 e. The van der Waals surface area contributed by atoms with Crippen LogP contribution >= 0.6 is 0 Å². The molecule has 0 bridgehead atoms. The first-order valence-electron chi connectivity index (χ1n) is 13.8. The second-order valence-electron chi connectivity index (χ2n) is 11.4.